The minimum Gasteiger partial charge on any atom is -0.459 e. The average molecular weight is 232 g/mol. The van der Waals surface area contributed by atoms with Crippen molar-refractivity contribution in [2.24, 2.45) is 0 Å². The molecular formula is C9H8N6O2. The van der Waals surface area contributed by atoms with Crippen LogP contribution in [0, 0.1) is 0 Å². The Bertz CT molecular complexity index is 611. The molecule has 2 N–H and O–H groups in total. The first-order valence-electron chi connectivity index (χ1n) is 4.83. The summed E-state index contributed by atoms with van der Waals surface area (Å²) in [5, 5.41) is 11.2. The number of hydrogen-bond donors (Lipinski definition) is 1. The lowest BCUT2D eigenvalue weighted by molar-refractivity contribution is 0.406. The predicted octanol–water partition coefficient (Wildman–Crippen LogP) is 0.552. The van der Waals surface area contributed by atoms with E-state index >= 15 is 0 Å². The molecule has 0 fully saturated rings. The van der Waals surface area contributed by atoms with Crippen molar-refractivity contribution in [2.45, 2.75) is 6.54 Å². The molecule has 17 heavy (non-hydrogen) atoms. The largest absolute Gasteiger partial charge is 0.459 e. The van der Waals surface area contributed by atoms with Crippen LogP contribution in [-0.2, 0) is 6.54 Å². The second-order valence-electron chi connectivity index (χ2n) is 3.33. The van der Waals surface area contributed by atoms with Gasteiger partial charge in [-0.3, -0.25) is 0 Å². The van der Waals surface area contributed by atoms with E-state index in [9.17, 15) is 0 Å². The molecule has 0 aromatic carbocycles. The van der Waals surface area contributed by atoms with Gasteiger partial charge >= 0.3 is 0 Å². The summed E-state index contributed by atoms with van der Waals surface area (Å²) in [7, 11) is 0. The first-order valence-corrected chi connectivity index (χ1v) is 4.83. The lowest BCUT2D eigenvalue weighted by atomic mass is 10.4. The zero-order chi connectivity index (χ0) is 11.7. The number of furan rings is 1. The van der Waals surface area contributed by atoms with E-state index in [2.05, 4.69) is 20.5 Å². The van der Waals surface area contributed by atoms with Crippen molar-refractivity contribution in [1.82, 2.24) is 25.1 Å². The molecule has 0 radical (unpaired) electrons. The first kappa shape index (κ1) is 9.58. The van der Waals surface area contributed by atoms with Gasteiger partial charge in [-0.25, -0.2) is 4.68 Å². The van der Waals surface area contributed by atoms with Crippen LogP contribution >= 0.6 is 0 Å². The highest BCUT2D eigenvalue weighted by atomic mass is 16.5. The summed E-state index contributed by atoms with van der Waals surface area (Å²) < 4.78 is 11.7. The second kappa shape index (κ2) is 3.74. The summed E-state index contributed by atoms with van der Waals surface area (Å²) in [6.45, 7) is 0.342. The molecule has 0 saturated carbocycles. The predicted molar refractivity (Wildman–Crippen MR) is 55.5 cm³/mol. The van der Waals surface area contributed by atoms with Gasteiger partial charge in [0.05, 0.1) is 12.5 Å². The van der Waals surface area contributed by atoms with Crippen LogP contribution in [0.5, 0.6) is 0 Å². The Labute approximate surface area is 95.0 Å². The molecule has 3 heterocycles. The van der Waals surface area contributed by atoms with Crippen LogP contribution in [0.15, 0.2) is 33.5 Å². The normalized spacial score (nSPS) is 10.8. The third kappa shape index (κ3) is 1.87. The van der Waals surface area contributed by atoms with Crippen molar-refractivity contribution >= 4 is 5.82 Å². The molecule has 0 aliphatic carbocycles. The maximum absolute atomic E-state index is 5.44. The zero-order valence-electron chi connectivity index (χ0n) is 8.65. The van der Waals surface area contributed by atoms with Crippen molar-refractivity contribution in [3.8, 4) is 11.7 Å². The van der Waals surface area contributed by atoms with Crippen molar-refractivity contribution in [1.29, 1.82) is 0 Å². The fourth-order valence-electron chi connectivity index (χ4n) is 1.35. The lowest BCUT2D eigenvalue weighted by Crippen LogP contribution is -2.02. The third-order valence-corrected chi connectivity index (χ3v) is 2.06. The van der Waals surface area contributed by atoms with Crippen molar-refractivity contribution < 1.29 is 8.94 Å². The standard InChI is InChI=1S/C9H8N6O2/c10-7-4-15(14-12-7)5-8-11-9(17-13-8)6-2-1-3-16-6/h1-4H,5,10H2. The molecule has 0 amide bonds. The van der Waals surface area contributed by atoms with Crippen LogP contribution in [0.25, 0.3) is 11.7 Å². The quantitative estimate of drug-likeness (QED) is 0.702. The summed E-state index contributed by atoms with van der Waals surface area (Å²) in [5.74, 6) is 1.68. The molecule has 3 aromatic rings. The summed E-state index contributed by atoms with van der Waals surface area (Å²) in [6.07, 6.45) is 3.13. The third-order valence-electron chi connectivity index (χ3n) is 2.06. The minimum atomic E-state index is 0.332. The average Bonchev–Trinajstić information content (AvgIpc) is 3.00. The molecule has 0 spiro atoms. The SMILES string of the molecule is Nc1cn(Cc2noc(-c3ccco3)n2)nn1. The lowest BCUT2D eigenvalue weighted by Gasteiger charge is -1.91. The number of nitrogens with zero attached hydrogens (tertiary/aromatic N) is 5. The summed E-state index contributed by atoms with van der Waals surface area (Å²) in [6, 6.07) is 3.49. The van der Waals surface area contributed by atoms with E-state index in [-0.39, 0.29) is 0 Å². The molecule has 8 nitrogen and oxygen atoms in total. The minimum absolute atomic E-state index is 0.332. The molecule has 8 heteroatoms. The molecular weight excluding hydrogens is 224 g/mol. The topological polar surface area (TPSA) is 109 Å². The van der Waals surface area contributed by atoms with Gasteiger partial charge in [-0.15, -0.1) is 5.10 Å². The van der Waals surface area contributed by atoms with Gasteiger partial charge in [0.15, 0.2) is 17.4 Å². The van der Waals surface area contributed by atoms with Gasteiger partial charge in [0.1, 0.15) is 6.54 Å². The van der Waals surface area contributed by atoms with Gasteiger partial charge in [-0.2, -0.15) is 4.98 Å². The van der Waals surface area contributed by atoms with Gasteiger partial charge in [-0.1, -0.05) is 10.4 Å². The number of nitrogen functional groups attached to an aromatic ring is 1. The molecule has 0 unspecified atom stereocenters. The highest BCUT2D eigenvalue weighted by molar-refractivity contribution is 5.42. The molecule has 0 aliphatic heterocycles. The fourth-order valence-corrected chi connectivity index (χ4v) is 1.35. The zero-order valence-corrected chi connectivity index (χ0v) is 8.65. The second-order valence-corrected chi connectivity index (χ2v) is 3.33. The van der Waals surface area contributed by atoms with E-state index in [1.165, 1.54) is 10.9 Å². The monoisotopic (exact) mass is 232 g/mol. The van der Waals surface area contributed by atoms with Gasteiger partial charge < -0.3 is 14.7 Å². The summed E-state index contributed by atoms with van der Waals surface area (Å²) in [4.78, 5) is 4.16. The van der Waals surface area contributed by atoms with Gasteiger partial charge in [0.2, 0.25) is 0 Å². The van der Waals surface area contributed by atoms with Crippen LogP contribution in [0.3, 0.4) is 0 Å². The van der Waals surface area contributed by atoms with Crippen LogP contribution in [0.1, 0.15) is 5.82 Å². The van der Waals surface area contributed by atoms with Gasteiger partial charge in [0, 0.05) is 0 Å². The molecule has 0 bridgehead atoms. The molecule has 3 rings (SSSR count). The number of rotatable bonds is 3. The molecule has 0 saturated heterocycles. The van der Waals surface area contributed by atoms with Gasteiger partial charge in [0.25, 0.3) is 5.89 Å². The Morgan fingerprint density at radius 1 is 1.41 bits per heavy atom. The van der Waals surface area contributed by atoms with E-state index in [1.54, 1.807) is 18.3 Å². The molecule has 3 aromatic heterocycles. The van der Waals surface area contributed by atoms with Gasteiger partial charge in [-0.05, 0) is 12.1 Å². The van der Waals surface area contributed by atoms with E-state index in [1.807, 2.05) is 0 Å². The van der Waals surface area contributed by atoms with E-state index in [4.69, 9.17) is 14.7 Å². The maximum Gasteiger partial charge on any atom is 0.293 e. The van der Waals surface area contributed by atoms with Crippen LogP contribution in [0.2, 0.25) is 0 Å². The van der Waals surface area contributed by atoms with Crippen molar-refractivity contribution in [2.75, 3.05) is 5.73 Å². The Balaban J connectivity index is 1.81. The Hall–Kier alpha value is -2.64. The van der Waals surface area contributed by atoms with E-state index in [0.29, 0.717) is 29.8 Å². The highest BCUT2D eigenvalue weighted by Gasteiger charge is 2.11. The van der Waals surface area contributed by atoms with E-state index in [0.717, 1.165) is 0 Å². The highest BCUT2D eigenvalue weighted by Crippen LogP contribution is 2.17. The molecule has 0 atom stereocenters. The molecule has 86 valence electrons. The number of nitrogens with two attached hydrogens (primary N) is 1. The summed E-state index contributed by atoms with van der Waals surface area (Å²) in [5.41, 5.74) is 5.44. The Morgan fingerprint density at radius 3 is 3.06 bits per heavy atom. The maximum atomic E-state index is 5.44. The Kier molecular flexibility index (Phi) is 2.11. The van der Waals surface area contributed by atoms with Crippen molar-refractivity contribution in [3.05, 3.63) is 30.4 Å². The van der Waals surface area contributed by atoms with Crippen LogP contribution in [-0.4, -0.2) is 25.1 Å². The fraction of sp³-hybridized carbons (Fsp3) is 0.111. The first-order chi connectivity index (χ1) is 8.31. The number of aromatic nitrogens is 5. The van der Waals surface area contributed by atoms with Crippen LogP contribution in [0.4, 0.5) is 5.82 Å². The van der Waals surface area contributed by atoms with Crippen molar-refractivity contribution in [3.63, 3.8) is 0 Å². The number of hydrogen-bond acceptors (Lipinski definition) is 7. The summed E-state index contributed by atoms with van der Waals surface area (Å²) >= 11 is 0. The number of anilines is 1. The smallest absolute Gasteiger partial charge is 0.293 e. The van der Waals surface area contributed by atoms with E-state index < -0.39 is 0 Å². The molecule has 0 aliphatic rings. The Morgan fingerprint density at radius 2 is 2.35 bits per heavy atom. The van der Waals surface area contributed by atoms with Crippen LogP contribution < -0.4 is 5.73 Å².